The number of rotatable bonds is 4. The van der Waals surface area contributed by atoms with E-state index in [-0.39, 0.29) is 5.54 Å². The van der Waals surface area contributed by atoms with Gasteiger partial charge in [0.2, 0.25) is 0 Å². The Labute approximate surface area is 207 Å². The quantitative estimate of drug-likeness (QED) is 0.615. The molecule has 2 N–H and O–H groups in total. The number of anilines is 1. The summed E-state index contributed by atoms with van der Waals surface area (Å²) in [6.07, 6.45) is 14.0. The van der Waals surface area contributed by atoms with Crippen LogP contribution in [0.5, 0.6) is 0 Å². The van der Waals surface area contributed by atoms with E-state index in [0.717, 1.165) is 56.8 Å². The van der Waals surface area contributed by atoms with Crippen LogP contribution in [0.1, 0.15) is 64.2 Å². The van der Waals surface area contributed by atoms with E-state index in [0.29, 0.717) is 17.9 Å². The molecule has 5 rings (SSSR count). The highest BCUT2D eigenvalue weighted by molar-refractivity contribution is 5.95. The minimum atomic E-state index is -1.26. The highest BCUT2D eigenvalue weighted by Gasteiger charge is 2.51. The van der Waals surface area contributed by atoms with Crippen molar-refractivity contribution < 1.29 is 24.6 Å². The molecule has 1 aromatic carbocycles. The fourth-order valence-corrected chi connectivity index (χ4v) is 6.92. The van der Waals surface area contributed by atoms with E-state index in [1.165, 1.54) is 50.6 Å². The summed E-state index contributed by atoms with van der Waals surface area (Å²) in [7, 11) is 0. The molecule has 1 spiro atoms. The lowest BCUT2D eigenvalue weighted by Gasteiger charge is -2.46. The summed E-state index contributed by atoms with van der Waals surface area (Å²) < 4.78 is 0. The van der Waals surface area contributed by atoms with Gasteiger partial charge in [0.05, 0.1) is 0 Å². The largest absolute Gasteiger partial charge is 0.478 e. The highest BCUT2D eigenvalue weighted by atomic mass is 16.4. The van der Waals surface area contributed by atoms with Crippen molar-refractivity contribution in [3.63, 3.8) is 0 Å². The van der Waals surface area contributed by atoms with E-state index in [9.17, 15) is 14.4 Å². The molecule has 35 heavy (non-hydrogen) atoms. The number of carbonyl (C=O) groups excluding carboxylic acids is 1. The van der Waals surface area contributed by atoms with Crippen LogP contribution < -0.4 is 4.90 Å². The molecule has 7 nitrogen and oxygen atoms in total. The molecule has 0 aromatic heterocycles. The number of para-hydroxylation sites is 1. The first kappa shape index (κ1) is 25.4. The van der Waals surface area contributed by atoms with Crippen molar-refractivity contribution in [1.29, 1.82) is 0 Å². The third kappa shape index (κ3) is 5.95. The van der Waals surface area contributed by atoms with Gasteiger partial charge in [-0.2, -0.15) is 0 Å². The average Bonchev–Trinajstić information content (AvgIpc) is 3.32. The van der Waals surface area contributed by atoms with Crippen LogP contribution in [0.2, 0.25) is 0 Å². The van der Waals surface area contributed by atoms with E-state index < -0.39 is 11.9 Å². The summed E-state index contributed by atoms with van der Waals surface area (Å²) in [5, 5.41) is 15.6. The molecule has 7 heteroatoms. The Kier molecular flexibility index (Phi) is 8.26. The van der Waals surface area contributed by atoms with Crippen molar-refractivity contribution in [3.8, 4) is 0 Å². The number of piperidine rings is 1. The summed E-state index contributed by atoms with van der Waals surface area (Å²) in [6, 6.07) is 11.4. The topological polar surface area (TPSA) is 98.1 Å². The molecule has 0 amide bonds. The van der Waals surface area contributed by atoms with Crippen LogP contribution >= 0.6 is 0 Å². The van der Waals surface area contributed by atoms with Crippen molar-refractivity contribution in [1.82, 2.24) is 4.90 Å². The SMILES string of the molecule is O=C(O)C=CC(=O)O.O=C1CCN(c2ccccc2)C12CCN(C1CC3CCCCCC3C1)CC2. The third-order valence-corrected chi connectivity index (χ3v) is 8.64. The standard InChI is InChI=1S/C24H34N2O.C4H4O4/c27-23-11-14-26(21-9-5-2-6-10-21)24(23)12-15-25(16-13-24)22-17-19-7-3-1-4-8-20(19)18-22;5-3(6)1-2-4(7)8/h2,5-6,9-10,19-20,22H,1,3-4,7-8,11-18H2;1-2H,(H,5,6)(H,7,8). The number of carboxylic acids is 2. The number of hydrogen-bond acceptors (Lipinski definition) is 5. The van der Waals surface area contributed by atoms with Gasteiger partial charge in [0.25, 0.3) is 0 Å². The molecule has 4 aliphatic rings. The summed E-state index contributed by atoms with van der Waals surface area (Å²) in [5.74, 6) is -0.0491. The summed E-state index contributed by atoms with van der Waals surface area (Å²) >= 11 is 0. The maximum absolute atomic E-state index is 12.9. The zero-order valence-electron chi connectivity index (χ0n) is 20.5. The van der Waals surface area contributed by atoms with Crippen molar-refractivity contribution in [2.75, 3.05) is 24.5 Å². The van der Waals surface area contributed by atoms with E-state index in [1.807, 2.05) is 0 Å². The first-order valence-corrected chi connectivity index (χ1v) is 13.1. The molecule has 2 heterocycles. The van der Waals surface area contributed by atoms with Crippen LogP contribution in [0.3, 0.4) is 0 Å². The van der Waals surface area contributed by atoms with Gasteiger partial charge in [-0.25, -0.2) is 9.59 Å². The number of hydrogen-bond donors (Lipinski definition) is 2. The summed E-state index contributed by atoms with van der Waals surface area (Å²) in [5.41, 5.74) is 1.01. The van der Waals surface area contributed by atoms with E-state index in [4.69, 9.17) is 10.2 Å². The van der Waals surface area contributed by atoms with E-state index in [2.05, 4.69) is 40.1 Å². The molecule has 2 aliphatic heterocycles. The minimum Gasteiger partial charge on any atom is -0.478 e. The molecule has 2 saturated heterocycles. The predicted molar refractivity (Wildman–Crippen MR) is 134 cm³/mol. The second kappa shape index (κ2) is 11.4. The van der Waals surface area contributed by atoms with E-state index in [1.54, 1.807) is 0 Å². The van der Waals surface area contributed by atoms with Gasteiger partial charge in [-0.1, -0.05) is 50.3 Å². The first-order valence-electron chi connectivity index (χ1n) is 13.1. The molecule has 1 aromatic rings. The van der Waals surface area contributed by atoms with Crippen LogP contribution in [-0.2, 0) is 14.4 Å². The summed E-state index contributed by atoms with van der Waals surface area (Å²) in [6.45, 7) is 3.12. The van der Waals surface area contributed by atoms with Crippen molar-refractivity contribution in [2.24, 2.45) is 11.8 Å². The van der Waals surface area contributed by atoms with E-state index >= 15 is 0 Å². The maximum Gasteiger partial charge on any atom is 0.328 e. The third-order valence-electron chi connectivity index (χ3n) is 8.64. The number of Topliss-reactive ketones (excluding diaryl/α,β-unsaturated/α-hetero) is 1. The minimum absolute atomic E-state index is 0.222. The molecule has 0 bridgehead atoms. The number of carbonyl (C=O) groups is 3. The molecule has 190 valence electrons. The lowest BCUT2D eigenvalue weighted by Crippen LogP contribution is -2.57. The van der Waals surface area contributed by atoms with Gasteiger partial charge < -0.3 is 20.0 Å². The Morgan fingerprint density at radius 2 is 1.43 bits per heavy atom. The lowest BCUT2D eigenvalue weighted by molar-refractivity contribution is -0.134. The molecule has 2 aliphatic carbocycles. The van der Waals surface area contributed by atoms with Crippen LogP contribution in [0.25, 0.3) is 0 Å². The number of ketones is 1. The normalized spacial score (nSPS) is 28.4. The molecule has 2 atom stereocenters. The Bertz CT molecular complexity index is 893. The van der Waals surface area contributed by atoms with Crippen molar-refractivity contribution in [3.05, 3.63) is 42.5 Å². The van der Waals surface area contributed by atoms with Crippen LogP contribution in [-0.4, -0.2) is 64.0 Å². The number of carboxylic acid groups (broad SMARTS) is 2. The molecular weight excluding hydrogens is 444 g/mol. The van der Waals surface area contributed by atoms with Gasteiger partial charge in [-0.3, -0.25) is 4.79 Å². The number of nitrogens with zero attached hydrogens (tertiary/aromatic N) is 2. The zero-order chi connectivity index (χ0) is 24.8. The number of likely N-dealkylation sites (tertiary alicyclic amines) is 1. The zero-order valence-corrected chi connectivity index (χ0v) is 20.5. The maximum atomic E-state index is 12.9. The molecule has 2 saturated carbocycles. The summed E-state index contributed by atoms with van der Waals surface area (Å²) in [4.78, 5) is 37.2. The number of benzene rings is 1. The van der Waals surface area contributed by atoms with Crippen LogP contribution in [0, 0.1) is 11.8 Å². The Morgan fingerprint density at radius 3 is 1.97 bits per heavy atom. The fraction of sp³-hybridized carbons (Fsp3) is 0.607. The molecular formula is C28H38N2O5. The Morgan fingerprint density at radius 1 is 0.857 bits per heavy atom. The number of aliphatic carboxylic acids is 2. The fourth-order valence-electron chi connectivity index (χ4n) is 6.92. The lowest BCUT2D eigenvalue weighted by atomic mass is 9.83. The van der Waals surface area contributed by atoms with Crippen LogP contribution in [0.4, 0.5) is 5.69 Å². The van der Waals surface area contributed by atoms with Gasteiger partial charge in [0, 0.05) is 49.9 Å². The predicted octanol–water partition coefficient (Wildman–Crippen LogP) is 4.37. The highest BCUT2D eigenvalue weighted by Crippen LogP contribution is 2.45. The molecule has 2 unspecified atom stereocenters. The van der Waals surface area contributed by atoms with Crippen molar-refractivity contribution in [2.45, 2.75) is 75.8 Å². The second-order valence-electron chi connectivity index (χ2n) is 10.5. The van der Waals surface area contributed by atoms with Gasteiger partial charge in [-0.05, 0) is 49.7 Å². The smallest absolute Gasteiger partial charge is 0.328 e. The molecule has 0 radical (unpaired) electrons. The number of fused-ring (bicyclic) bond motifs is 1. The van der Waals surface area contributed by atoms with Crippen molar-refractivity contribution >= 4 is 23.4 Å². The van der Waals surface area contributed by atoms with Gasteiger partial charge in [0.1, 0.15) is 5.54 Å². The van der Waals surface area contributed by atoms with Gasteiger partial charge in [0.15, 0.2) is 5.78 Å². The Balaban J connectivity index is 0.000000314. The molecule has 4 fully saturated rings. The first-order chi connectivity index (χ1) is 16.9. The Hall–Kier alpha value is -2.67. The van der Waals surface area contributed by atoms with Crippen LogP contribution in [0.15, 0.2) is 42.5 Å². The average molecular weight is 483 g/mol. The van der Waals surface area contributed by atoms with Gasteiger partial charge in [-0.15, -0.1) is 0 Å². The second-order valence-corrected chi connectivity index (χ2v) is 10.5. The van der Waals surface area contributed by atoms with Gasteiger partial charge >= 0.3 is 11.9 Å². The monoisotopic (exact) mass is 482 g/mol.